The molecule has 2 heteroatoms. The number of pyridine rings is 1. The molecule has 1 aliphatic carbocycles. The molecule has 1 aliphatic heterocycles. The van der Waals surface area contributed by atoms with Crippen LogP contribution in [-0.4, -0.2) is 18.1 Å². The van der Waals surface area contributed by atoms with Crippen molar-refractivity contribution >= 4 is 5.69 Å². The summed E-state index contributed by atoms with van der Waals surface area (Å²) in [6, 6.07) is 4.45. The summed E-state index contributed by atoms with van der Waals surface area (Å²) < 4.78 is 0. The summed E-state index contributed by atoms with van der Waals surface area (Å²) in [4.78, 5) is 7.14. The number of hydrogen-bond acceptors (Lipinski definition) is 2. The molecular formula is C16H24N2. The summed E-state index contributed by atoms with van der Waals surface area (Å²) >= 11 is 0. The Kier molecular flexibility index (Phi) is 3.04. The van der Waals surface area contributed by atoms with Gasteiger partial charge < -0.3 is 4.90 Å². The van der Waals surface area contributed by atoms with Gasteiger partial charge in [-0.05, 0) is 42.7 Å². The molecule has 0 bridgehead atoms. The van der Waals surface area contributed by atoms with Crippen LogP contribution in [0, 0.1) is 5.41 Å². The van der Waals surface area contributed by atoms with Crippen LogP contribution in [0.25, 0.3) is 0 Å². The number of anilines is 1. The van der Waals surface area contributed by atoms with Gasteiger partial charge in [0, 0.05) is 18.8 Å². The maximum Gasteiger partial charge on any atom is 0.0553 e. The lowest BCUT2D eigenvalue weighted by Gasteiger charge is -2.24. The summed E-state index contributed by atoms with van der Waals surface area (Å²) in [5.74, 6) is 0.527. The zero-order valence-electron chi connectivity index (χ0n) is 11.7. The van der Waals surface area contributed by atoms with Crippen molar-refractivity contribution < 1.29 is 0 Å². The SMILES string of the molecule is CC(C)c1ccc(N2CCC3(CCCC3)C2)cn1. The highest BCUT2D eigenvalue weighted by molar-refractivity contribution is 5.46. The van der Waals surface area contributed by atoms with Crippen LogP contribution in [0.15, 0.2) is 18.3 Å². The lowest BCUT2D eigenvalue weighted by Crippen LogP contribution is -2.24. The zero-order valence-corrected chi connectivity index (χ0v) is 11.7. The number of rotatable bonds is 2. The van der Waals surface area contributed by atoms with Crippen molar-refractivity contribution in [1.82, 2.24) is 4.98 Å². The van der Waals surface area contributed by atoms with E-state index in [-0.39, 0.29) is 0 Å². The third-order valence-corrected chi connectivity index (χ3v) is 4.83. The van der Waals surface area contributed by atoms with Crippen LogP contribution >= 0.6 is 0 Å². The van der Waals surface area contributed by atoms with Gasteiger partial charge in [0.25, 0.3) is 0 Å². The minimum Gasteiger partial charge on any atom is -0.370 e. The molecule has 0 amide bonds. The maximum atomic E-state index is 4.60. The van der Waals surface area contributed by atoms with Gasteiger partial charge in [0.15, 0.2) is 0 Å². The van der Waals surface area contributed by atoms with Gasteiger partial charge in [-0.25, -0.2) is 0 Å². The molecule has 2 fully saturated rings. The summed E-state index contributed by atoms with van der Waals surface area (Å²) in [6.45, 7) is 6.88. The van der Waals surface area contributed by atoms with Crippen LogP contribution in [0.5, 0.6) is 0 Å². The van der Waals surface area contributed by atoms with Crippen molar-refractivity contribution in [1.29, 1.82) is 0 Å². The topological polar surface area (TPSA) is 16.1 Å². The summed E-state index contributed by atoms with van der Waals surface area (Å²) in [6.07, 6.45) is 9.24. The van der Waals surface area contributed by atoms with Gasteiger partial charge in [0.2, 0.25) is 0 Å². The average Bonchev–Trinajstić information content (AvgIpc) is 3.01. The van der Waals surface area contributed by atoms with Crippen LogP contribution in [0.2, 0.25) is 0 Å². The number of nitrogens with zero attached hydrogens (tertiary/aromatic N) is 2. The molecule has 0 N–H and O–H groups in total. The van der Waals surface area contributed by atoms with E-state index in [4.69, 9.17) is 0 Å². The molecular weight excluding hydrogens is 220 g/mol. The maximum absolute atomic E-state index is 4.60. The Bertz CT molecular complexity index is 402. The highest BCUT2D eigenvalue weighted by Gasteiger charge is 2.40. The van der Waals surface area contributed by atoms with E-state index in [0.29, 0.717) is 11.3 Å². The van der Waals surface area contributed by atoms with E-state index in [1.54, 1.807) is 0 Å². The van der Waals surface area contributed by atoms with Crippen molar-refractivity contribution in [2.24, 2.45) is 5.41 Å². The van der Waals surface area contributed by atoms with Crippen molar-refractivity contribution in [2.45, 2.75) is 51.9 Å². The van der Waals surface area contributed by atoms with Gasteiger partial charge in [-0.15, -0.1) is 0 Å². The Balaban J connectivity index is 1.72. The van der Waals surface area contributed by atoms with Gasteiger partial charge >= 0.3 is 0 Å². The molecule has 1 spiro atoms. The molecule has 98 valence electrons. The largest absolute Gasteiger partial charge is 0.370 e. The van der Waals surface area contributed by atoms with E-state index >= 15 is 0 Å². The first-order valence-electron chi connectivity index (χ1n) is 7.39. The van der Waals surface area contributed by atoms with Crippen LogP contribution in [0.4, 0.5) is 5.69 Å². The first-order valence-corrected chi connectivity index (χ1v) is 7.39. The van der Waals surface area contributed by atoms with Gasteiger partial charge in [-0.2, -0.15) is 0 Å². The second-order valence-corrected chi connectivity index (χ2v) is 6.47. The van der Waals surface area contributed by atoms with Crippen molar-refractivity contribution in [3.8, 4) is 0 Å². The minimum absolute atomic E-state index is 0.527. The third kappa shape index (κ3) is 2.13. The second kappa shape index (κ2) is 4.56. The summed E-state index contributed by atoms with van der Waals surface area (Å²) in [5, 5.41) is 0. The van der Waals surface area contributed by atoms with Crippen molar-refractivity contribution in [2.75, 3.05) is 18.0 Å². The smallest absolute Gasteiger partial charge is 0.0553 e. The van der Waals surface area contributed by atoms with E-state index in [2.05, 4.69) is 42.1 Å². The molecule has 1 aromatic rings. The third-order valence-electron chi connectivity index (χ3n) is 4.83. The second-order valence-electron chi connectivity index (χ2n) is 6.47. The van der Waals surface area contributed by atoms with Gasteiger partial charge in [0.05, 0.1) is 11.9 Å². The monoisotopic (exact) mass is 244 g/mol. The predicted molar refractivity (Wildman–Crippen MR) is 76.1 cm³/mol. The Labute approximate surface area is 110 Å². The Morgan fingerprint density at radius 2 is 1.94 bits per heavy atom. The Morgan fingerprint density at radius 3 is 2.56 bits per heavy atom. The minimum atomic E-state index is 0.527. The van der Waals surface area contributed by atoms with Gasteiger partial charge in [-0.1, -0.05) is 26.7 Å². The fourth-order valence-corrected chi connectivity index (χ4v) is 3.61. The predicted octanol–water partition coefficient (Wildman–Crippen LogP) is 3.98. The lowest BCUT2D eigenvalue weighted by molar-refractivity contribution is 0.341. The van der Waals surface area contributed by atoms with Crippen LogP contribution in [0.1, 0.15) is 57.6 Å². The lowest BCUT2D eigenvalue weighted by atomic mass is 9.86. The van der Waals surface area contributed by atoms with Gasteiger partial charge in [0.1, 0.15) is 0 Å². The molecule has 0 atom stereocenters. The molecule has 1 saturated heterocycles. The quantitative estimate of drug-likeness (QED) is 0.782. The standard InChI is InChI=1S/C16H24N2/c1-13(2)15-6-5-14(11-17-15)18-10-9-16(12-18)7-3-4-8-16/h5-6,11,13H,3-4,7-10,12H2,1-2H3. The van der Waals surface area contributed by atoms with Crippen molar-refractivity contribution in [3.05, 3.63) is 24.0 Å². The molecule has 2 aliphatic rings. The molecule has 2 nitrogen and oxygen atoms in total. The van der Waals surface area contributed by atoms with Crippen LogP contribution in [-0.2, 0) is 0 Å². The molecule has 0 aromatic carbocycles. The number of hydrogen-bond donors (Lipinski definition) is 0. The molecule has 1 aromatic heterocycles. The van der Waals surface area contributed by atoms with E-state index < -0.39 is 0 Å². The summed E-state index contributed by atoms with van der Waals surface area (Å²) in [5.41, 5.74) is 3.17. The molecule has 2 heterocycles. The van der Waals surface area contributed by atoms with E-state index in [1.807, 2.05) is 0 Å². The van der Waals surface area contributed by atoms with Crippen molar-refractivity contribution in [3.63, 3.8) is 0 Å². The van der Waals surface area contributed by atoms with Gasteiger partial charge in [-0.3, -0.25) is 4.98 Å². The molecule has 0 unspecified atom stereocenters. The summed E-state index contributed by atoms with van der Waals surface area (Å²) in [7, 11) is 0. The normalized spacial score (nSPS) is 22.3. The highest BCUT2D eigenvalue weighted by Crippen LogP contribution is 2.46. The van der Waals surface area contributed by atoms with E-state index in [0.717, 1.165) is 0 Å². The average molecular weight is 244 g/mol. The molecule has 18 heavy (non-hydrogen) atoms. The zero-order chi connectivity index (χ0) is 12.6. The van der Waals surface area contributed by atoms with E-state index in [1.165, 1.54) is 56.6 Å². The molecule has 3 rings (SSSR count). The Hall–Kier alpha value is -1.05. The molecule has 1 saturated carbocycles. The highest BCUT2D eigenvalue weighted by atomic mass is 15.2. The first-order chi connectivity index (χ1) is 8.69. The fourth-order valence-electron chi connectivity index (χ4n) is 3.61. The Morgan fingerprint density at radius 1 is 1.17 bits per heavy atom. The van der Waals surface area contributed by atoms with Crippen LogP contribution in [0.3, 0.4) is 0 Å². The van der Waals surface area contributed by atoms with E-state index in [9.17, 15) is 0 Å². The first kappa shape index (κ1) is 12.0. The number of aromatic nitrogens is 1. The fraction of sp³-hybridized carbons (Fsp3) is 0.688. The van der Waals surface area contributed by atoms with Crippen LogP contribution < -0.4 is 4.90 Å². The molecule has 0 radical (unpaired) electrons.